The highest BCUT2D eigenvalue weighted by molar-refractivity contribution is 5.88. The number of nitrogens with one attached hydrogen (secondary N) is 1. The van der Waals surface area contributed by atoms with E-state index in [-0.39, 0.29) is 11.3 Å². The first-order valence-corrected chi connectivity index (χ1v) is 4.70. The Hall–Kier alpha value is -2.30. The monoisotopic (exact) mass is 218 g/mol. The molecule has 1 aromatic carbocycles. The third-order valence-electron chi connectivity index (χ3n) is 2.35. The molecule has 0 amide bonds. The summed E-state index contributed by atoms with van der Waals surface area (Å²) in [6, 6.07) is 4.63. The molecule has 2 N–H and O–H groups in total. The van der Waals surface area contributed by atoms with Crippen LogP contribution in [0.5, 0.6) is 0 Å². The number of carbonyl (C=O) groups is 1. The van der Waals surface area contributed by atoms with Gasteiger partial charge in [-0.15, -0.1) is 0 Å². The van der Waals surface area contributed by atoms with Crippen molar-refractivity contribution in [2.75, 3.05) is 0 Å². The molecule has 1 heterocycles. The summed E-state index contributed by atoms with van der Waals surface area (Å²) in [5.41, 5.74) is 1.38. The van der Waals surface area contributed by atoms with Crippen molar-refractivity contribution in [3.8, 4) is 5.69 Å². The van der Waals surface area contributed by atoms with Gasteiger partial charge in [-0.05, 0) is 30.7 Å². The van der Waals surface area contributed by atoms with Crippen molar-refractivity contribution in [2.24, 2.45) is 0 Å². The molecule has 5 heteroatoms. The molecule has 2 rings (SSSR count). The zero-order valence-electron chi connectivity index (χ0n) is 8.60. The van der Waals surface area contributed by atoms with Crippen molar-refractivity contribution in [3.05, 3.63) is 52.2 Å². The van der Waals surface area contributed by atoms with Crippen molar-refractivity contribution >= 4 is 5.97 Å². The Morgan fingerprint density at radius 2 is 2.19 bits per heavy atom. The van der Waals surface area contributed by atoms with E-state index in [9.17, 15) is 9.59 Å². The molecule has 5 nitrogen and oxygen atoms in total. The number of hydrogen-bond donors (Lipinski definition) is 2. The molecule has 82 valence electrons. The summed E-state index contributed by atoms with van der Waals surface area (Å²) in [5, 5.41) is 8.81. The fourth-order valence-corrected chi connectivity index (χ4v) is 1.57. The minimum absolute atomic E-state index is 0.213. The predicted octanol–water partition coefficient (Wildman–Crippen LogP) is 1.17. The van der Waals surface area contributed by atoms with Crippen LogP contribution in [0.2, 0.25) is 0 Å². The van der Waals surface area contributed by atoms with Gasteiger partial charge in [0, 0.05) is 12.4 Å². The molecule has 0 atom stereocenters. The lowest BCUT2D eigenvalue weighted by Gasteiger charge is -2.06. The van der Waals surface area contributed by atoms with Crippen molar-refractivity contribution in [2.45, 2.75) is 6.92 Å². The quantitative estimate of drug-likeness (QED) is 0.794. The summed E-state index contributed by atoms with van der Waals surface area (Å²) in [5.74, 6) is -0.976. The summed E-state index contributed by atoms with van der Waals surface area (Å²) in [6.45, 7) is 1.77. The summed E-state index contributed by atoms with van der Waals surface area (Å²) < 4.78 is 1.43. The van der Waals surface area contributed by atoms with Crippen LogP contribution in [-0.4, -0.2) is 20.6 Å². The van der Waals surface area contributed by atoms with Crippen molar-refractivity contribution in [3.63, 3.8) is 0 Å². The second-order valence-corrected chi connectivity index (χ2v) is 3.44. The average molecular weight is 218 g/mol. The standard InChI is InChI=1S/C11H10N2O3/c1-7-6-8(10(14)15)2-3-9(7)13-5-4-12-11(13)16/h2-6H,1H3,(H,12,16)(H,14,15). The maximum atomic E-state index is 11.4. The van der Waals surface area contributed by atoms with Crippen LogP contribution in [0.1, 0.15) is 15.9 Å². The number of benzene rings is 1. The van der Waals surface area contributed by atoms with Gasteiger partial charge in [0.15, 0.2) is 0 Å². The Morgan fingerprint density at radius 3 is 2.69 bits per heavy atom. The highest BCUT2D eigenvalue weighted by Gasteiger charge is 2.07. The first-order valence-electron chi connectivity index (χ1n) is 4.70. The molecule has 0 unspecified atom stereocenters. The highest BCUT2D eigenvalue weighted by atomic mass is 16.4. The minimum atomic E-state index is -0.976. The second-order valence-electron chi connectivity index (χ2n) is 3.44. The van der Waals surface area contributed by atoms with Crippen LogP contribution in [0, 0.1) is 6.92 Å². The fourth-order valence-electron chi connectivity index (χ4n) is 1.57. The van der Waals surface area contributed by atoms with Crippen LogP contribution in [0.3, 0.4) is 0 Å². The lowest BCUT2D eigenvalue weighted by molar-refractivity contribution is 0.0697. The molecule has 2 aromatic rings. The SMILES string of the molecule is Cc1cc(C(=O)O)ccc1-n1cc[nH]c1=O. The molecule has 0 saturated carbocycles. The molecule has 0 aliphatic rings. The number of carboxylic acid groups (broad SMARTS) is 1. The Balaban J connectivity index is 2.57. The number of carboxylic acids is 1. The van der Waals surface area contributed by atoms with E-state index < -0.39 is 5.97 Å². The minimum Gasteiger partial charge on any atom is -0.478 e. The molecule has 16 heavy (non-hydrogen) atoms. The molecule has 0 spiro atoms. The van der Waals surface area contributed by atoms with Crippen molar-refractivity contribution in [1.82, 2.24) is 9.55 Å². The van der Waals surface area contributed by atoms with Gasteiger partial charge in [0.1, 0.15) is 0 Å². The lowest BCUT2D eigenvalue weighted by atomic mass is 10.1. The van der Waals surface area contributed by atoms with E-state index in [2.05, 4.69) is 4.98 Å². The Kier molecular flexibility index (Phi) is 2.36. The van der Waals surface area contributed by atoms with E-state index >= 15 is 0 Å². The van der Waals surface area contributed by atoms with Gasteiger partial charge in [0.2, 0.25) is 0 Å². The molecule has 0 aliphatic carbocycles. The molecule has 1 aromatic heterocycles. The van der Waals surface area contributed by atoms with E-state index in [0.717, 1.165) is 5.56 Å². The average Bonchev–Trinajstić information content (AvgIpc) is 2.64. The van der Waals surface area contributed by atoms with E-state index in [1.165, 1.54) is 22.9 Å². The normalized spacial score (nSPS) is 10.3. The van der Waals surface area contributed by atoms with Crippen LogP contribution in [0.25, 0.3) is 5.69 Å². The van der Waals surface area contributed by atoms with Crippen LogP contribution < -0.4 is 5.69 Å². The highest BCUT2D eigenvalue weighted by Crippen LogP contribution is 2.14. The third-order valence-corrected chi connectivity index (χ3v) is 2.35. The maximum Gasteiger partial charge on any atom is 0.335 e. The smallest absolute Gasteiger partial charge is 0.335 e. The number of H-pyrrole nitrogens is 1. The molecular weight excluding hydrogens is 208 g/mol. The van der Waals surface area contributed by atoms with Gasteiger partial charge in [0.05, 0.1) is 11.3 Å². The van der Waals surface area contributed by atoms with Crippen molar-refractivity contribution < 1.29 is 9.90 Å². The molecular formula is C11H10N2O3. The van der Waals surface area contributed by atoms with Crippen LogP contribution in [-0.2, 0) is 0 Å². The van der Waals surface area contributed by atoms with E-state index in [1.54, 1.807) is 19.2 Å². The van der Waals surface area contributed by atoms with Crippen LogP contribution in [0.15, 0.2) is 35.4 Å². The summed E-state index contributed by atoms with van der Waals surface area (Å²) in [7, 11) is 0. The van der Waals surface area contributed by atoms with E-state index in [4.69, 9.17) is 5.11 Å². The zero-order valence-corrected chi connectivity index (χ0v) is 8.60. The Morgan fingerprint density at radius 1 is 1.44 bits per heavy atom. The molecule has 0 bridgehead atoms. The van der Waals surface area contributed by atoms with Gasteiger partial charge in [-0.1, -0.05) is 0 Å². The third kappa shape index (κ3) is 1.63. The Labute approximate surface area is 91.0 Å². The van der Waals surface area contributed by atoms with Crippen LogP contribution in [0.4, 0.5) is 0 Å². The van der Waals surface area contributed by atoms with E-state index in [0.29, 0.717) is 5.69 Å². The number of nitrogens with zero attached hydrogens (tertiary/aromatic N) is 1. The molecule has 0 fully saturated rings. The number of aryl methyl sites for hydroxylation is 1. The first-order chi connectivity index (χ1) is 7.59. The number of aromatic nitrogens is 2. The topological polar surface area (TPSA) is 75.1 Å². The first kappa shape index (κ1) is 10.2. The van der Waals surface area contributed by atoms with Gasteiger partial charge < -0.3 is 10.1 Å². The van der Waals surface area contributed by atoms with Gasteiger partial charge in [-0.2, -0.15) is 0 Å². The number of aromatic carboxylic acids is 1. The maximum absolute atomic E-state index is 11.4. The fraction of sp³-hybridized carbons (Fsp3) is 0.0909. The summed E-state index contributed by atoms with van der Waals surface area (Å²) in [4.78, 5) is 24.6. The van der Waals surface area contributed by atoms with Gasteiger partial charge in [-0.25, -0.2) is 9.59 Å². The van der Waals surface area contributed by atoms with Gasteiger partial charge in [-0.3, -0.25) is 4.57 Å². The van der Waals surface area contributed by atoms with Gasteiger partial charge in [0.25, 0.3) is 0 Å². The van der Waals surface area contributed by atoms with E-state index in [1.807, 2.05) is 0 Å². The second kappa shape index (κ2) is 3.69. The molecule has 0 aliphatic heterocycles. The zero-order chi connectivity index (χ0) is 11.7. The summed E-state index contributed by atoms with van der Waals surface area (Å²) >= 11 is 0. The number of hydrogen-bond acceptors (Lipinski definition) is 2. The Bertz CT molecular complexity index is 595. The summed E-state index contributed by atoms with van der Waals surface area (Å²) in [6.07, 6.45) is 3.14. The number of imidazole rings is 1. The number of aromatic amines is 1. The lowest BCUT2D eigenvalue weighted by Crippen LogP contribution is -2.15. The number of rotatable bonds is 2. The van der Waals surface area contributed by atoms with Crippen molar-refractivity contribution in [1.29, 1.82) is 0 Å². The largest absolute Gasteiger partial charge is 0.478 e. The predicted molar refractivity (Wildman–Crippen MR) is 58.1 cm³/mol. The van der Waals surface area contributed by atoms with Gasteiger partial charge >= 0.3 is 11.7 Å². The van der Waals surface area contributed by atoms with Crippen LogP contribution >= 0.6 is 0 Å². The molecule has 0 saturated heterocycles. The molecule has 0 radical (unpaired) electrons.